The maximum atomic E-state index is 13.0. The number of Topliss-reactive ketones (excluding diaryl/α,β-unsaturated/α-hetero) is 1. The van der Waals surface area contributed by atoms with Crippen LogP contribution in [0.15, 0.2) is 41.6 Å². The van der Waals surface area contributed by atoms with E-state index >= 15 is 0 Å². The summed E-state index contributed by atoms with van der Waals surface area (Å²) in [5, 5.41) is 3.48. The van der Waals surface area contributed by atoms with E-state index in [2.05, 4.69) is 5.32 Å². The van der Waals surface area contributed by atoms with Crippen molar-refractivity contribution in [1.29, 1.82) is 0 Å². The molecule has 0 fully saturated rings. The normalized spacial score (nSPS) is 19.6. The van der Waals surface area contributed by atoms with E-state index in [1.54, 1.807) is 14.2 Å². The zero-order valence-electron chi connectivity index (χ0n) is 15.8. The fourth-order valence-corrected chi connectivity index (χ4v) is 4.33. The predicted octanol–water partition coefficient (Wildman–Crippen LogP) is 4.00. The Balaban J connectivity index is 1.74. The largest absolute Gasteiger partial charge is 0.497 e. The minimum atomic E-state index is -0.227. The molecule has 1 atom stereocenters. The lowest BCUT2D eigenvalue weighted by molar-refractivity contribution is -0.116. The van der Waals surface area contributed by atoms with Gasteiger partial charge in [-0.3, -0.25) is 4.79 Å². The molecule has 144 valence electrons. The molecular weight excluding hydrogens is 358 g/mol. The van der Waals surface area contributed by atoms with Crippen LogP contribution in [0.4, 0.5) is 5.69 Å². The monoisotopic (exact) mass is 379 g/mol. The summed E-state index contributed by atoms with van der Waals surface area (Å²) in [6.07, 6.45) is 2.27. The molecule has 0 spiro atoms. The molecule has 1 aliphatic carbocycles. The van der Waals surface area contributed by atoms with Crippen LogP contribution in [0, 0.1) is 0 Å². The average Bonchev–Trinajstić information content (AvgIpc) is 3.17. The van der Waals surface area contributed by atoms with Crippen molar-refractivity contribution in [2.45, 2.75) is 25.2 Å². The molecular formula is C22H21NO5. The molecule has 6 heteroatoms. The molecule has 0 unspecified atom stereocenters. The zero-order chi connectivity index (χ0) is 19.3. The van der Waals surface area contributed by atoms with Crippen molar-refractivity contribution in [1.82, 2.24) is 0 Å². The average molecular weight is 379 g/mol. The van der Waals surface area contributed by atoms with Gasteiger partial charge in [-0.1, -0.05) is 6.07 Å². The van der Waals surface area contributed by atoms with Crippen LogP contribution >= 0.6 is 0 Å². The maximum absolute atomic E-state index is 13.0. The molecule has 2 aromatic carbocycles. The van der Waals surface area contributed by atoms with Crippen LogP contribution in [0.2, 0.25) is 0 Å². The fourth-order valence-electron chi connectivity index (χ4n) is 4.33. The molecule has 3 aliphatic rings. The standard InChI is InChI=1S/C22H21NO5/c1-25-12-6-7-13(18(8-12)26-2)21-14-9-19-20(28-11-27-19)10-16(14)23-15-4-3-5-17(24)22(15)21/h6-10,21,23H,3-5,11H2,1-2H3/t21-/m1/s1. The molecule has 6 nitrogen and oxygen atoms in total. The Morgan fingerprint density at radius 3 is 2.61 bits per heavy atom. The Bertz CT molecular complexity index is 1010. The lowest BCUT2D eigenvalue weighted by Crippen LogP contribution is -2.27. The molecule has 0 radical (unpaired) electrons. The van der Waals surface area contributed by atoms with Gasteiger partial charge in [-0.05, 0) is 30.5 Å². The number of rotatable bonds is 3. The highest BCUT2D eigenvalue weighted by atomic mass is 16.7. The summed E-state index contributed by atoms with van der Waals surface area (Å²) in [6, 6.07) is 9.68. The van der Waals surface area contributed by atoms with Crippen LogP contribution in [0.5, 0.6) is 23.0 Å². The van der Waals surface area contributed by atoms with Crippen molar-refractivity contribution in [2.24, 2.45) is 0 Å². The first-order chi connectivity index (χ1) is 13.7. The highest BCUT2D eigenvalue weighted by molar-refractivity contribution is 6.01. The lowest BCUT2D eigenvalue weighted by atomic mass is 9.75. The third-order valence-electron chi connectivity index (χ3n) is 5.64. The number of benzene rings is 2. The minimum Gasteiger partial charge on any atom is -0.497 e. The Morgan fingerprint density at radius 2 is 1.82 bits per heavy atom. The van der Waals surface area contributed by atoms with Gasteiger partial charge in [0.1, 0.15) is 11.5 Å². The molecule has 5 rings (SSSR count). The number of carbonyl (C=O) groups is 1. The number of allylic oxidation sites excluding steroid dienone is 2. The first-order valence-electron chi connectivity index (χ1n) is 9.38. The van der Waals surface area contributed by atoms with Gasteiger partial charge in [-0.2, -0.15) is 0 Å². The van der Waals surface area contributed by atoms with Gasteiger partial charge in [0, 0.05) is 47.0 Å². The van der Waals surface area contributed by atoms with Crippen molar-refractivity contribution < 1.29 is 23.7 Å². The smallest absolute Gasteiger partial charge is 0.231 e. The first kappa shape index (κ1) is 17.0. The van der Waals surface area contributed by atoms with Gasteiger partial charge in [0.15, 0.2) is 17.3 Å². The van der Waals surface area contributed by atoms with Crippen molar-refractivity contribution >= 4 is 11.5 Å². The number of ketones is 1. The molecule has 2 aliphatic heterocycles. The third kappa shape index (κ3) is 2.52. The highest BCUT2D eigenvalue weighted by Crippen LogP contribution is 2.51. The van der Waals surface area contributed by atoms with Crippen LogP contribution in [-0.2, 0) is 4.79 Å². The van der Waals surface area contributed by atoms with Crippen LogP contribution in [0.1, 0.15) is 36.3 Å². The van der Waals surface area contributed by atoms with Gasteiger partial charge >= 0.3 is 0 Å². The second-order valence-corrected chi connectivity index (χ2v) is 7.13. The molecule has 2 aromatic rings. The molecule has 0 saturated heterocycles. The number of hydrogen-bond donors (Lipinski definition) is 1. The van der Waals surface area contributed by atoms with Gasteiger partial charge in [0.2, 0.25) is 6.79 Å². The van der Waals surface area contributed by atoms with Crippen molar-refractivity contribution in [3.63, 3.8) is 0 Å². The van der Waals surface area contributed by atoms with Gasteiger partial charge < -0.3 is 24.3 Å². The Kier molecular flexibility index (Phi) is 3.93. The topological polar surface area (TPSA) is 66.0 Å². The summed E-state index contributed by atoms with van der Waals surface area (Å²) in [4.78, 5) is 13.0. The third-order valence-corrected chi connectivity index (χ3v) is 5.64. The SMILES string of the molecule is COc1ccc([C@H]2C3=C(CCCC3=O)Nc3cc4c(cc32)OCO4)c(OC)c1. The molecule has 2 heterocycles. The van der Waals surface area contributed by atoms with Gasteiger partial charge in [0.05, 0.1) is 14.2 Å². The first-order valence-corrected chi connectivity index (χ1v) is 9.38. The second kappa shape index (κ2) is 6.48. The van der Waals surface area contributed by atoms with E-state index in [0.29, 0.717) is 23.7 Å². The van der Waals surface area contributed by atoms with E-state index in [1.165, 1.54) is 0 Å². The Morgan fingerprint density at radius 1 is 1.00 bits per heavy atom. The molecule has 1 N–H and O–H groups in total. The zero-order valence-corrected chi connectivity index (χ0v) is 15.8. The Labute approximate surface area is 163 Å². The highest BCUT2D eigenvalue weighted by Gasteiger charge is 2.37. The molecule has 0 amide bonds. The number of ether oxygens (including phenoxy) is 4. The van der Waals surface area contributed by atoms with Crippen LogP contribution in [0.25, 0.3) is 0 Å². The lowest BCUT2D eigenvalue weighted by Gasteiger charge is -2.34. The summed E-state index contributed by atoms with van der Waals surface area (Å²) >= 11 is 0. The predicted molar refractivity (Wildman–Crippen MR) is 103 cm³/mol. The fraction of sp³-hybridized carbons (Fsp3) is 0.318. The summed E-state index contributed by atoms with van der Waals surface area (Å²) in [7, 11) is 3.26. The summed E-state index contributed by atoms with van der Waals surface area (Å²) < 4.78 is 22.2. The van der Waals surface area contributed by atoms with E-state index in [0.717, 1.165) is 46.7 Å². The van der Waals surface area contributed by atoms with E-state index in [1.807, 2.05) is 30.3 Å². The number of methoxy groups -OCH3 is 2. The maximum Gasteiger partial charge on any atom is 0.231 e. The van der Waals surface area contributed by atoms with Crippen LogP contribution < -0.4 is 24.3 Å². The molecule has 0 bridgehead atoms. The number of nitrogens with one attached hydrogen (secondary N) is 1. The van der Waals surface area contributed by atoms with E-state index in [9.17, 15) is 4.79 Å². The summed E-state index contributed by atoms with van der Waals surface area (Å²) in [5.41, 5.74) is 4.68. The van der Waals surface area contributed by atoms with Gasteiger partial charge in [0.25, 0.3) is 0 Å². The quantitative estimate of drug-likeness (QED) is 0.870. The van der Waals surface area contributed by atoms with Gasteiger partial charge in [-0.25, -0.2) is 0 Å². The van der Waals surface area contributed by atoms with E-state index < -0.39 is 0 Å². The van der Waals surface area contributed by atoms with Crippen molar-refractivity contribution in [2.75, 3.05) is 26.3 Å². The van der Waals surface area contributed by atoms with Crippen molar-refractivity contribution in [3.05, 3.63) is 52.7 Å². The second-order valence-electron chi connectivity index (χ2n) is 7.13. The van der Waals surface area contributed by atoms with E-state index in [4.69, 9.17) is 18.9 Å². The Hall–Kier alpha value is -3.15. The number of fused-ring (bicyclic) bond motifs is 2. The number of hydrogen-bond acceptors (Lipinski definition) is 6. The summed E-state index contributed by atoms with van der Waals surface area (Å²) in [5.74, 6) is 2.78. The van der Waals surface area contributed by atoms with Crippen LogP contribution in [0.3, 0.4) is 0 Å². The minimum absolute atomic E-state index is 0.180. The van der Waals surface area contributed by atoms with Crippen molar-refractivity contribution in [3.8, 4) is 23.0 Å². The molecule has 0 aromatic heterocycles. The number of carbonyl (C=O) groups excluding carboxylic acids is 1. The summed E-state index contributed by atoms with van der Waals surface area (Å²) in [6.45, 7) is 0.209. The van der Waals surface area contributed by atoms with E-state index in [-0.39, 0.29) is 18.5 Å². The van der Waals surface area contributed by atoms with Crippen LogP contribution in [-0.4, -0.2) is 26.8 Å². The van der Waals surface area contributed by atoms with Gasteiger partial charge in [-0.15, -0.1) is 0 Å². The number of anilines is 1. The molecule has 0 saturated carbocycles. The molecule has 28 heavy (non-hydrogen) atoms.